The van der Waals surface area contributed by atoms with Gasteiger partial charge in [-0.05, 0) is 23.3 Å². The zero-order chi connectivity index (χ0) is 15.4. The first-order chi connectivity index (χ1) is 10.7. The third-order valence-electron chi connectivity index (χ3n) is 4.08. The molecule has 0 bridgehead atoms. The minimum Gasteiger partial charge on any atom is -0.391 e. The second kappa shape index (κ2) is 6.73. The first kappa shape index (κ1) is 14.8. The van der Waals surface area contributed by atoms with E-state index in [-0.39, 0.29) is 17.9 Å². The number of benzene rings is 2. The zero-order valence-electron chi connectivity index (χ0n) is 12.3. The van der Waals surface area contributed by atoms with Gasteiger partial charge >= 0.3 is 0 Å². The van der Waals surface area contributed by atoms with Gasteiger partial charge in [0, 0.05) is 31.1 Å². The normalized spacial score (nSPS) is 20.8. The van der Waals surface area contributed by atoms with E-state index < -0.39 is 0 Å². The van der Waals surface area contributed by atoms with Gasteiger partial charge in [0.05, 0.1) is 6.10 Å². The van der Waals surface area contributed by atoms with Crippen molar-refractivity contribution >= 4 is 5.91 Å². The largest absolute Gasteiger partial charge is 0.391 e. The van der Waals surface area contributed by atoms with Crippen LogP contribution in [0.25, 0.3) is 11.1 Å². The number of nitrogens with one attached hydrogen (secondary N) is 2. The lowest BCUT2D eigenvalue weighted by atomic mass is 10.0. The van der Waals surface area contributed by atoms with E-state index in [9.17, 15) is 9.90 Å². The van der Waals surface area contributed by atoms with Crippen LogP contribution in [-0.2, 0) is 0 Å². The van der Waals surface area contributed by atoms with Gasteiger partial charge in [0.25, 0.3) is 5.91 Å². The highest BCUT2D eigenvalue weighted by molar-refractivity contribution is 5.94. The molecule has 1 heterocycles. The smallest absolute Gasteiger partial charge is 0.251 e. The van der Waals surface area contributed by atoms with Gasteiger partial charge in [-0.1, -0.05) is 42.5 Å². The van der Waals surface area contributed by atoms with Crippen molar-refractivity contribution in [1.82, 2.24) is 10.6 Å². The van der Waals surface area contributed by atoms with Crippen molar-refractivity contribution in [2.75, 3.05) is 19.6 Å². The van der Waals surface area contributed by atoms with Crippen molar-refractivity contribution in [3.8, 4) is 11.1 Å². The van der Waals surface area contributed by atoms with Gasteiger partial charge in [-0.2, -0.15) is 0 Å². The maximum atomic E-state index is 12.1. The summed E-state index contributed by atoms with van der Waals surface area (Å²) >= 11 is 0. The molecule has 114 valence electrons. The van der Waals surface area contributed by atoms with Crippen LogP contribution in [0.2, 0.25) is 0 Å². The van der Waals surface area contributed by atoms with Gasteiger partial charge in [0.2, 0.25) is 0 Å². The van der Waals surface area contributed by atoms with Gasteiger partial charge in [0.1, 0.15) is 0 Å². The Labute approximate surface area is 130 Å². The topological polar surface area (TPSA) is 61.4 Å². The first-order valence-corrected chi connectivity index (χ1v) is 7.56. The highest BCUT2D eigenvalue weighted by atomic mass is 16.3. The molecule has 2 aromatic carbocycles. The Hall–Kier alpha value is -2.17. The number of hydrogen-bond donors (Lipinski definition) is 3. The predicted octanol–water partition coefficient (Wildman–Crippen LogP) is 1.66. The van der Waals surface area contributed by atoms with E-state index in [1.807, 2.05) is 54.6 Å². The van der Waals surface area contributed by atoms with Gasteiger partial charge in [0.15, 0.2) is 0 Å². The summed E-state index contributed by atoms with van der Waals surface area (Å²) in [6.45, 7) is 1.84. The van der Waals surface area contributed by atoms with Crippen LogP contribution in [0.15, 0.2) is 54.6 Å². The van der Waals surface area contributed by atoms with Gasteiger partial charge in [-0.25, -0.2) is 0 Å². The van der Waals surface area contributed by atoms with Crippen molar-refractivity contribution in [3.05, 3.63) is 60.2 Å². The van der Waals surface area contributed by atoms with Crippen LogP contribution < -0.4 is 10.6 Å². The number of carbonyl (C=O) groups excluding carboxylic acids is 1. The second-order valence-corrected chi connectivity index (χ2v) is 5.64. The summed E-state index contributed by atoms with van der Waals surface area (Å²) in [5.41, 5.74) is 2.86. The minimum absolute atomic E-state index is 0.0903. The third kappa shape index (κ3) is 3.35. The first-order valence-electron chi connectivity index (χ1n) is 7.56. The average Bonchev–Trinajstić information content (AvgIpc) is 2.99. The molecule has 1 aliphatic heterocycles. The highest BCUT2D eigenvalue weighted by Gasteiger charge is 2.25. The van der Waals surface area contributed by atoms with E-state index in [4.69, 9.17) is 0 Å². The second-order valence-electron chi connectivity index (χ2n) is 5.64. The van der Waals surface area contributed by atoms with Gasteiger partial charge < -0.3 is 15.7 Å². The molecule has 0 aromatic heterocycles. The summed E-state index contributed by atoms with van der Waals surface area (Å²) in [5, 5.41) is 15.7. The van der Waals surface area contributed by atoms with Gasteiger partial charge in [-0.3, -0.25) is 4.79 Å². The molecule has 4 heteroatoms. The third-order valence-corrected chi connectivity index (χ3v) is 4.08. The molecule has 0 spiro atoms. The molecule has 2 aromatic rings. The van der Waals surface area contributed by atoms with Crippen LogP contribution in [0.1, 0.15) is 10.4 Å². The standard InChI is InChI=1S/C18H20N2O2/c21-17-12-19-10-16(17)11-20-18(22)15-8-6-14(7-9-15)13-4-2-1-3-5-13/h1-9,16-17,19,21H,10-12H2,(H,20,22). The Morgan fingerprint density at radius 3 is 2.36 bits per heavy atom. The summed E-state index contributed by atoms with van der Waals surface area (Å²) in [6, 6.07) is 17.6. The van der Waals surface area contributed by atoms with E-state index in [1.165, 1.54) is 0 Å². The molecule has 3 rings (SSSR count). The highest BCUT2D eigenvalue weighted by Crippen LogP contribution is 2.19. The lowest BCUT2D eigenvalue weighted by molar-refractivity contribution is 0.0927. The van der Waals surface area contributed by atoms with Crippen LogP contribution in [0, 0.1) is 5.92 Å². The predicted molar refractivity (Wildman–Crippen MR) is 86.6 cm³/mol. The van der Waals surface area contributed by atoms with Gasteiger partial charge in [-0.15, -0.1) is 0 Å². The minimum atomic E-state index is -0.374. The monoisotopic (exact) mass is 296 g/mol. The molecule has 1 aliphatic rings. The van der Waals surface area contributed by atoms with Crippen molar-refractivity contribution in [2.24, 2.45) is 5.92 Å². The van der Waals surface area contributed by atoms with Crippen LogP contribution in [0.3, 0.4) is 0 Å². The molecule has 2 atom stereocenters. The number of rotatable bonds is 4. The molecule has 1 amide bonds. The molecular formula is C18H20N2O2. The van der Waals surface area contributed by atoms with Crippen molar-refractivity contribution in [3.63, 3.8) is 0 Å². The summed E-state index contributed by atoms with van der Waals surface area (Å²) in [7, 11) is 0. The number of aliphatic hydroxyl groups excluding tert-OH is 1. The summed E-state index contributed by atoms with van der Waals surface area (Å²) in [4.78, 5) is 12.1. The lowest BCUT2D eigenvalue weighted by Crippen LogP contribution is -2.34. The maximum Gasteiger partial charge on any atom is 0.251 e. The molecule has 0 radical (unpaired) electrons. The molecular weight excluding hydrogens is 276 g/mol. The van der Waals surface area contributed by atoms with E-state index in [0.717, 1.165) is 17.7 Å². The number of hydrogen-bond acceptors (Lipinski definition) is 3. The molecule has 0 saturated carbocycles. The fourth-order valence-electron chi connectivity index (χ4n) is 2.70. The average molecular weight is 296 g/mol. The van der Waals surface area contributed by atoms with Crippen LogP contribution in [0.5, 0.6) is 0 Å². The van der Waals surface area contributed by atoms with Crippen molar-refractivity contribution in [1.29, 1.82) is 0 Å². The van der Waals surface area contributed by atoms with Crippen LogP contribution >= 0.6 is 0 Å². The molecule has 0 aliphatic carbocycles. The lowest BCUT2D eigenvalue weighted by Gasteiger charge is -2.14. The van der Waals surface area contributed by atoms with Crippen molar-refractivity contribution < 1.29 is 9.90 Å². The zero-order valence-corrected chi connectivity index (χ0v) is 12.3. The summed E-state index contributed by atoms with van der Waals surface area (Å²) in [5.74, 6) is -0.00810. The number of amides is 1. The molecule has 22 heavy (non-hydrogen) atoms. The molecule has 4 nitrogen and oxygen atoms in total. The molecule has 2 unspecified atom stereocenters. The molecule has 1 saturated heterocycles. The molecule has 1 fully saturated rings. The quantitative estimate of drug-likeness (QED) is 0.804. The van der Waals surface area contributed by atoms with E-state index in [0.29, 0.717) is 18.7 Å². The number of carbonyl (C=O) groups is 1. The Bertz CT molecular complexity index is 625. The van der Waals surface area contributed by atoms with Crippen molar-refractivity contribution in [2.45, 2.75) is 6.10 Å². The number of β-amino-alcohol motifs (C(OH)–C–C–N with tert-alkyl or cyclic N) is 1. The van der Waals surface area contributed by atoms with E-state index in [2.05, 4.69) is 10.6 Å². The maximum absolute atomic E-state index is 12.1. The van der Waals surface area contributed by atoms with E-state index in [1.54, 1.807) is 0 Å². The summed E-state index contributed by atoms with van der Waals surface area (Å²) in [6.07, 6.45) is -0.374. The molecule has 3 N–H and O–H groups in total. The fraction of sp³-hybridized carbons (Fsp3) is 0.278. The Balaban J connectivity index is 1.61. The number of aliphatic hydroxyl groups is 1. The summed E-state index contributed by atoms with van der Waals surface area (Å²) < 4.78 is 0. The Morgan fingerprint density at radius 1 is 1.05 bits per heavy atom. The Morgan fingerprint density at radius 2 is 1.73 bits per heavy atom. The Kier molecular flexibility index (Phi) is 4.51. The van der Waals surface area contributed by atoms with Crippen LogP contribution in [0.4, 0.5) is 0 Å². The fourth-order valence-corrected chi connectivity index (χ4v) is 2.70. The van der Waals surface area contributed by atoms with E-state index >= 15 is 0 Å². The van der Waals surface area contributed by atoms with Crippen LogP contribution in [-0.4, -0.2) is 36.8 Å². The SMILES string of the molecule is O=C(NCC1CNCC1O)c1ccc(-c2ccccc2)cc1.